The maximum absolute atomic E-state index is 12.1. The van der Waals surface area contributed by atoms with Gasteiger partial charge < -0.3 is 15.8 Å². The van der Waals surface area contributed by atoms with Crippen LogP contribution in [0.5, 0.6) is 5.75 Å². The van der Waals surface area contributed by atoms with Crippen molar-refractivity contribution in [3.8, 4) is 5.75 Å². The Morgan fingerprint density at radius 1 is 1.50 bits per heavy atom. The first-order chi connectivity index (χ1) is 9.60. The fourth-order valence-corrected chi connectivity index (χ4v) is 2.24. The third-order valence-electron chi connectivity index (χ3n) is 2.50. The first kappa shape index (κ1) is 14.2. The van der Waals surface area contributed by atoms with Crippen LogP contribution in [-0.2, 0) is 4.79 Å². The summed E-state index contributed by atoms with van der Waals surface area (Å²) in [4.78, 5) is 16.1. The van der Waals surface area contributed by atoms with Crippen LogP contribution < -0.4 is 15.8 Å². The molecular weight excluding hydrogens is 278 g/mol. The van der Waals surface area contributed by atoms with Crippen LogP contribution in [-0.4, -0.2) is 33.4 Å². The molecule has 0 radical (unpaired) electrons. The number of thioether (sulfide) groups is 1. The molecule has 0 aliphatic carbocycles. The van der Waals surface area contributed by atoms with Crippen molar-refractivity contribution < 1.29 is 9.53 Å². The van der Waals surface area contributed by atoms with Crippen LogP contribution in [0.2, 0.25) is 0 Å². The fraction of sp³-hybridized carbons (Fsp3) is 0.250. The predicted molar refractivity (Wildman–Crippen MR) is 77.7 cm³/mol. The summed E-state index contributed by atoms with van der Waals surface area (Å²) in [6.45, 7) is 1.77. The summed E-state index contributed by atoms with van der Waals surface area (Å²) in [5.74, 6) is 0.674. The van der Waals surface area contributed by atoms with E-state index in [0.29, 0.717) is 16.6 Å². The highest BCUT2D eigenvalue weighted by Crippen LogP contribution is 2.25. The average molecular weight is 293 g/mol. The van der Waals surface area contributed by atoms with Crippen LogP contribution in [0.3, 0.4) is 0 Å². The molecule has 0 saturated heterocycles. The first-order valence-corrected chi connectivity index (χ1v) is 6.76. The molecule has 1 heterocycles. The molecule has 0 spiro atoms. The van der Waals surface area contributed by atoms with Gasteiger partial charge in [0, 0.05) is 0 Å². The Kier molecular flexibility index (Phi) is 4.46. The SMILES string of the molecule is COc1ccccc1NC(=O)[C@@H](C)Sc1n[nH]c(N)n1. The predicted octanol–water partition coefficient (Wildman–Crippen LogP) is 1.51. The number of nitrogens with one attached hydrogen (secondary N) is 2. The Labute approximate surface area is 120 Å². The van der Waals surface area contributed by atoms with Gasteiger partial charge in [0.25, 0.3) is 0 Å². The summed E-state index contributed by atoms with van der Waals surface area (Å²) < 4.78 is 5.18. The molecule has 1 amide bonds. The lowest BCUT2D eigenvalue weighted by Crippen LogP contribution is -2.22. The van der Waals surface area contributed by atoms with Gasteiger partial charge in [-0.1, -0.05) is 23.9 Å². The van der Waals surface area contributed by atoms with Crippen molar-refractivity contribution in [3.05, 3.63) is 24.3 Å². The average Bonchev–Trinajstić information content (AvgIpc) is 2.84. The number of benzene rings is 1. The first-order valence-electron chi connectivity index (χ1n) is 5.88. The van der Waals surface area contributed by atoms with E-state index in [1.165, 1.54) is 11.8 Å². The minimum atomic E-state index is -0.366. The molecule has 2 aromatic rings. The number of H-pyrrole nitrogens is 1. The van der Waals surface area contributed by atoms with Gasteiger partial charge in [-0.05, 0) is 19.1 Å². The number of amides is 1. The van der Waals surface area contributed by atoms with Crippen LogP contribution >= 0.6 is 11.8 Å². The van der Waals surface area contributed by atoms with E-state index in [9.17, 15) is 4.79 Å². The van der Waals surface area contributed by atoms with Crippen LogP contribution in [0.25, 0.3) is 0 Å². The van der Waals surface area contributed by atoms with Gasteiger partial charge in [-0.15, -0.1) is 5.10 Å². The van der Waals surface area contributed by atoms with E-state index in [4.69, 9.17) is 10.5 Å². The van der Waals surface area contributed by atoms with Crippen LogP contribution in [0.4, 0.5) is 11.6 Å². The minimum Gasteiger partial charge on any atom is -0.495 e. The molecule has 7 nitrogen and oxygen atoms in total. The summed E-state index contributed by atoms with van der Waals surface area (Å²) >= 11 is 1.22. The molecule has 0 fully saturated rings. The monoisotopic (exact) mass is 293 g/mol. The topological polar surface area (TPSA) is 106 Å². The smallest absolute Gasteiger partial charge is 0.237 e. The number of ether oxygens (including phenoxy) is 1. The molecule has 2 rings (SSSR count). The van der Waals surface area contributed by atoms with Gasteiger partial charge in [-0.3, -0.25) is 4.79 Å². The molecule has 0 aliphatic heterocycles. The number of carbonyl (C=O) groups excluding carboxylic acids is 1. The standard InChI is InChI=1S/C12H15N5O2S/c1-7(20-12-15-11(13)16-17-12)10(18)14-8-5-3-4-6-9(8)19-2/h3-7H,1-2H3,(H,14,18)(H3,13,15,16,17)/t7-/m1/s1. The number of rotatable bonds is 5. The Morgan fingerprint density at radius 2 is 2.25 bits per heavy atom. The summed E-state index contributed by atoms with van der Waals surface area (Å²) in [6, 6.07) is 7.22. The lowest BCUT2D eigenvalue weighted by molar-refractivity contribution is -0.115. The van der Waals surface area contributed by atoms with E-state index >= 15 is 0 Å². The zero-order valence-corrected chi connectivity index (χ0v) is 11.9. The van der Waals surface area contributed by atoms with Crippen molar-refractivity contribution in [2.24, 2.45) is 0 Å². The molecule has 1 atom stereocenters. The molecule has 0 unspecified atom stereocenters. The van der Waals surface area contributed by atoms with Crippen molar-refractivity contribution >= 4 is 29.3 Å². The van der Waals surface area contributed by atoms with Gasteiger partial charge in [0.2, 0.25) is 17.0 Å². The second-order valence-corrected chi connectivity index (χ2v) is 5.26. The zero-order valence-electron chi connectivity index (χ0n) is 11.1. The van der Waals surface area contributed by atoms with Crippen LogP contribution in [0.1, 0.15) is 6.92 Å². The number of anilines is 2. The highest BCUT2D eigenvalue weighted by atomic mass is 32.2. The maximum Gasteiger partial charge on any atom is 0.237 e. The number of nitrogens with zero attached hydrogens (tertiary/aromatic N) is 2. The lowest BCUT2D eigenvalue weighted by Gasteiger charge is -2.12. The molecule has 0 aliphatic rings. The summed E-state index contributed by atoms with van der Waals surface area (Å²) in [5, 5.41) is 9.28. The van der Waals surface area contributed by atoms with Crippen molar-refractivity contribution in [3.63, 3.8) is 0 Å². The molecule has 8 heteroatoms. The quantitative estimate of drug-likeness (QED) is 0.722. The third-order valence-corrected chi connectivity index (χ3v) is 3.46. The molecule has 4 N–H and O–H groups in total. The number of carbonyl (C=O) groups is 1. The number of hydrogen-bond acceptors (Lipinski definition) is 6. The third kappa shape index (κ3) is 3.41. The summed E-state index contributed by atoms with van der Waals surface area (Å²) in [7, 11) is 1.56. The van der Waals surface area contributed by atoms with Crippen molar-refractivity contribution in [1.29, 1.82) is 0 Å². The second kappa shape index (κ2) is 6.29. The van der Waals surface area contributed by atoms with E-state index in [2.05, 4.69) is 20.5 Å². The fourth-order valence-electron chi connectivity index (χ4n) is 1.50. The number of nitrogen functional groups attached to an aromatic ring is 1. The number of nitrogens with two attached hydrogens (primary N) is 1. The van der Waals surface area contributed by atoms with Crippen molar-refractivity contribution in [1.82, 2.24) is 15.2 Å². The maximum atomic E-state index is 12.1. The van der Waals surface area contributed by atoms with Gasteiger partial charge >= 0.3 is 0 Å². The summed E-state index contributed by atoms with van der Waals surface area (Å²) in [5.41, 5.74) is 6.06. The molecule has 0 saturated carbocycles. The largest absolute Gasteiger partial charge is 0.495 e. The molecule has 106 valence electrons. The van der Waals surface area contributed by atoms with Gasteiger partial charge in [-0.2, -0.15) is 4.98 Å². The van der Waals surface area contributed by atoms with Gasteiger partial charge in [0.15, 0.2) is 0 Å². The molecule has 1 aromatic heterocycles. The van der Waals surface area contributed by atoms with Crippen molar-refractivity contribution in [2.45, 2.75) is 17.3 Å². The van der Waals surface area contributed by atoms with Gasteiger partial charge in [-0.25, -0.2) is 5.10 Å². The van der Waals surface area contributed by atoms with Crippen LogP contribution in [0, 0.1) is 0 Å². The number of para-hydroxylation sites is 2. The highest BCUT2D eigenvalue weighted by Gasteiger charge is 2.18. The Hall–Kier alpha value is -2.22. The van der Waals surface area contributed by atoms with Crippen molar-refractivity contribution in [2.75, 3.05) is 18.2 Å². The van der Waals surface area contributed by atoms with E-state index < -0.39 is 0 Å². The van der Waals surface area contributed by atoms with Gasteiger partial charge in [0.05, 0.1) is 18.0 Å². The summed E-state index contributed by atoms with van der Waals surface area (Å²) in [6.07, 6.45) is 0. The lowest BCUT2D eigenvalue weighted by atomic mass is 10.3. The van der Waals surface area contributed by atoms with Crippen LogP contribution in [0.15, 0.2) is 29.4 Å². The second-order valence-electron chi connectivity index (χ2n) is 3.95. The Morgan fingerprint density at radius 3 is 2.90 bits per heavy atom. The van der Waals surface area contributed by atoms with E-state index in [-0.39, 0.29) is 17.1 Å². The number of aromatic amines is 1. The molecular formula is C12H15N5O2S. The van der Waals surface area contributed by atoms with E-state index in [1.54, 1.807) is 26.2 Å². The van der Waals surface area contributed by atoms with E-state index in [1.807, 2.05) is 12.1 Å². The van der Waals surface area contributed by atoms with E-state index in [0.717, 1.165) is 0 Å². The Balaban J connectivity index is 2.00. The number of hydrogen-bond donors (Lipinski definition) is 3. The number of methoxy groups -OCH3 is 1. The normalized spacial score (nSPS) is 11.9. The zero-order chi connectivity index (χ0) is 14.5. The highest BCUT2D eigenvalue weighted by molar-refractivity contribution is 8.00. The molecule has 1 aromatic carbocycles. The molecule has 20 heavy (non-hydrogen) atoms. The minimum absolute atomic E-state index is 0.164. The van der Waals surface area contributed by atoms with Gasteiger partial charge in [0.1, 0.15) is 5.75 Å². The number of aromatic nitrogens is 3. The Bertz CT molecular complexity index is 601. The molecule has 0 bridgehead atoms.